The fourth-order valence-electron chi connectivity index (χ4n) is 3.23. The van der Waals surface area contributed by atoms with Crippen LogP contribution in [0.4, 0.5) is 0 Å². The fourth-order valence-corrected chi connectivity index (χ4v) is 3.69. The number of aromatic nitrogens is 1. The number of rotatable bonds is 2. The van der Waals surface area contributed by atoms with Gasteiger partial charge in [-0.15, -0.1) is 0 Å². The number of hydrogen-bond acceptors (Lipinski definition) is 4. The van der Waals surface area contributed by atoms with Crippen molar-refractivity contribution in [1.82, 2.24) is 20.1 Å². The summed E-state index contributed by atoms with van der Waals surface area (Å²) in [5.74, 6) is -0.245. The third kappa shape index (κ3) is 3.82. The van der Waals surface area contributed by atoms with E-state index in [1.165, 1.54) is 12.3 Å². The molecule has 1 N–H and O–H groups in total. The minimum Gasteiger partial charge on any atom is -0.340 e. The number of likely N-dealkylation sites (tertiary alicyclic amines) is 1. The molecule has 2 aliphatic heterocycles. The van der Waals surface area contributed by atoms with Gasteiger partial charge >= 0.3 is 0 Å². The Hall–Kier alpha value is -1.37. The molecule has 0 aliphatic carbocycles. The van der Waals surface area contributed by atoms with Crippen molar-refractivity contribution in [2.45, 2.75) is 12.8 Å². The van der Waals surface area contributed by atoms with Crippen molar-refractivity contribution in [2.24, 2.45) is 5.92 Å². The maximum Gasteiger partial charge on any atom is 0.274 e. The Balaban J connectivity index is 1.68. The van der Waals surface area contributed by atoms with Gasteiger partial charge in [0.05, 0.1) is 16.0 Å². The molecule has 1 aromatic heterocycles. The largest absolute Gasteiger partial charge is 0.340 e. The van der Waals surface area contributed by atoms with Crippen molar-refractivity contribution in [1.29, 1.82) is 0 Å². The van der Waals surface area contributed by atoms with Gasteiger partial charge in [-0.25, -0.2) is 4.98 Å². The van der Waals surface area contributed by atoms with Gasteiger partial charge in [-0.3, -0.25) is 9.59 Å². The SMILES string of the molecule is O=C(c1ncc(Cl)cc1Cl)N1CCCC(C(=O)N2CCNCC2)C1. The highest BCUT2D eigenvalue weighted by Crippen LogP contribution is 2.24. The summed E-state index contributed by atoms with van der Waals surface area (Å²) in [7, 11) is 0. The number of carbonyl (C=O) groups excluding carboxylic acids is 2. The number of halogens is 2. The summed E-state index contributed by atoms with van der Waals surface area (Å²) < 4.78 is 0. The molecular weight excluding hydrogens is 351 g/mol. The third-order valence-corrected chi connectivity index (χ3v) is 4.99. The summed E-state index contributed by atoms with van der Waals surface area (Å²) in [6.07, 6.45) is 3.03. The molecule has 1 aromatic rings. The van der Waals surface area contributed by atoms with E-state index < -0.39 is 0 Å². The van der Waals surface area contributed by atoms with Gasteiger partial charge in [0.2, 0.25) is 5.91 Å². The Morgan fingerprint density at radius 1 is 1.17 bits per heavy atom. The first-order chi connectivity index (χ1) is 11.6. The molecule has 24 heavy (non-hydrogen) atoms. The molecule has 0 saturated carbocycles. The number of nitrogens with one attached hydrogen (secondary N) is 1. The third-order valence-electron chi connectivity index (χ3n) is 4.50. The Bertz CT molecular complexity index is 635. The van der Waals surface area contributed by atoms with Crippen LogP contribution in [0.5, 0.6) is 0 Å². The van der Waals surface area contributed by atoms with Gasteiger partial charge in [0.15, 0.2) is 0 Å². The van der Waals surface area contributed by atoms with E-state index >= 15 is 0 Å². The quantitative estimate of drug-likeness (QED) is 0.859. The van der Waals surface area contributed by atoms with Crippen molar-refractivity contribution in [3.63, 3.8) is 0 Å². The van der Waals surface area contributed by atoms with Crippen LogP contribution in [0.25, 0.3) is 0 Å². The van der Waals surface area contributed by atoms with E-state index in [0.29, 0.717) is 18.1 Å². The smallest absolute Gasteiger partial charge is 0.274 e. The number of piperidine rings is 1. The number of amides is 2. The lowest BCUT2D eigenvalue weighted by molar-refractivity contribution is -0.137. The lowest BCUT2D eigenvalue weighted by Gasteiger charge is -2.36. The molecule has 2 aliphatic rings. The van der Waals surface area contributed by atoms with E-state index in [0.717, 1.165) is 39.0 Å². The topological polar surface area (TPSA) is 65.5 Å². The van der Waals surface area contributed by atoms with Crippen LogP contribution < -0.4 is 5.32 Å². The van der Waals surface area contributed by atoms with Crippen LogP contribution in [0.2, 0.25) is 10.0 Å². The molecule has 1 unspecified atom stereocenters. The number of pyridine rings is 1. The van der Waals surface area contributed by atoms with Gasteiger partial charge in [0.25, 0.3) is 5.91 Å². The summed E-state index contributed by atoms with van der Waals surface area (Å²) in [5, 5.41) is 3.87. The molecule has 0 spiro atoms. The molecule has 2 fully saturated rings. The first kappa shape index (κ1) is 17.5. The normalized spacial score (nSPS) is 21.7. The van der Waals surface area contributed by atoms with E-state index in [1.807, 2.05) is 4.90 Å². The van der Waals surface area contributed by atoms with Crippen molar-refractivity contribution < 1.29 is 9.59 Å². The van der Waals surface area contributed by atoms with Crippen molar-refractivity contribution in [3.8, 4) is 0 Å². The zero-order valence-electron chi connectivity index (χ0n) is 13.3. The highest BCUT2D eigenvalue weighted by atomic mass is 35.5. The molecule has 2 saturated heterocycles. The summed E-state index contributed by atoms with van der Waals surface area (Å²) >= 11 is 11.9. The molecule has 130 valence electrons. The number of nitrogens with zero attached hydrogens (tertiary/aromatic N) is 3. The highest BCUT2D eigenvalue weighted by Gasteiger charge is 2.32. The molecule has 0 bridgehead atoms. The second kappa shape index (κ2) is 7.68. The first-order valence-electron chi connectivity index (χ1n) is 8.16. The minimum atomic E-state index is -0.241. The molecule has 3 rings (SSSR count). The lowest BCUT2D eigenvalue weighted by atomic mass is 9.96. The average Bonchev–Trinajstić information content (AvgIpc) is 2.61. The molecule has 0 radical (unpaired) electrons. The monoisotopic (exact) mass is 370 g/mol. The Morgan fingerprint density at radius 2 is 1.92 bits per heavy atom. The van der Waals surface area contributed by atoms with Crippen molar-refractivity contribution in [2.75, 3.05) is 39.3 Å². The summed E-state index contributed by atoms with van der Waals surface area (Å²) in [6.45, 7) is 4.14. The van der Waals surface area contributed by atoms with E-state index in [4.69, 9.17) is 23.2 Å². The van der Waals surface area contributed by atoms with Gasteiger partial charge in [-0.2, -0.15) is 0 Å². The Morgan fingerprint density at radius 3 is 2.62 bits per heavy atom. The summed E-state index contributed by atoms with van der Waals surface area (Å²) in [6, 6.07) is 1.51. The van der Waals surface area contributed by atoms with E-state index in [1.54, 1.807) is 4.90 Å². The number of hydrogen-bond donors (Lipinski definition) is 1. The van der Waals surface area contributed by atoms with Crippen LogP contribution in [0.3, 0.4) is 0 Å². The van der Waals surface area contributed by atoms with E-state index in [2.05, 4.69) is 10.3 Å². The van der Waals surface area contributed by atoms with Crippen LogP contribution in [0, 0.1) is 5.92 Å². The predicted molar refractivity (Wildman–Crippen MR) is 92.3 cm³/mol. The maximum absolute atomic E-state index is 12.7. The van der Waals surface area contributed by atoms with Gasteiger partial charge in [0.1, 0.15) is 5.69 Å². The summed E-state index contributed by atoms with van der Waals surface area (Å²) in [4.78, 5) is 33.0. The van der Waals surface area contributed by atoms with Crippen LogP contribution >= 0.6 is 23.2 Å². The minimum absolute atomic E-state index is 0.143. The molecule has 6 nitrogen and oxygen atoms in total. The zero-order chi connectivity index (χ0) is 17.1. The number of carbonyl (C=O) groups is 2. The molecule has 0 aromatic carbocycles. The second-order valence-corrected chi connectivity index (χ2v) is 6.99. The Kier molecular flexibility index (Phi) is 5.58. The van der Waals surface area contributed by atoms with Gasteiger partial charge in [-0.1, -0.05) is 23.2 Å². The second-order valence-electron chi connectivity index (χ2n) is 6.15. The molecule has 1 atom stereocenters. The van der Waals surface area contributed by atoms with Crippen LogP contribution in [0.15, 0.2) is 12.3 Å². The average molecular weight is 371 g/mol. The molecule has 3 heterocycles. The molecule has 2 amide bonds. The lowest BCUT2D eigenvalue weighted by Crippen LogP contribution is -2.52. The van der Waals surface area contributed by atoms with Crippen molar-refractivity contribution >= 4 is 35.0 Å². The highest BCUT2D eigenvalue weighted by molar-refractivity contribution is 6.36. The van der Waals surface area contributed by atoms with E-state index in [-0.39, 0.29) is 28.4 Å². The first-order valence-corrected chi connectivity index (χ1v) is 8.91. The molecule has 8 heteroatoms. The molecular formula is C16H20Cl2N4O2. The fraction of sp³-hybridized carbons (Fsp3) is 0.562. The zero-order valence-corrected chi connectivity index (χ0v) is 14.8. The van der Waals surface area contributed by atoms with Gasteiger partial charge in [0, 0.05) is 45.5 Å². The predicted octanol–water partition coefficient (Wildman–Crippen LogP) is 1.67. The van der Waals surface area contributed by atoms with Crippen LogP contribution in [-0.4, -0.2) is 65.9 Å². The summed E-state index contributed by atoms with van der Waals surface area (Å²) in [5.41, 5.74) is 0.191. The number of piperazine rings is 1. The van der Waals surface area contributed by atoms with Gasteiger partial charge < -0.3 is 15.1 Å². The Labute approximate surface area is 151 Å². The van der Waals surface area contributed by atoms with Crippen molar-refractivity contribution in [3.05, 3.63) is 28.0 Å². The van der Waals surface area contributed by atoms with Crippen LogP contribution in [-0.2, 0) is 4.79 Å². The maximum atomic E-state index is 12.7. The standard InChI is InChI=1S/C16H20Cl2N4O2/c17-12-8-13(18)14(20-9-12)16(24)22-5-1-2-11(10-22)15(23)21-6-3-19-4-7-21/h8-9,11,19H,1-7,10H2. The van der Waals surface area contributed by atoms with Crippen LogP contribution in [0.1, 0.15) is 23.3 Å². The van der Waals surface area contributed by atoms with Gasteiger partial charge in [-0.05, 0) is 18.9 Å². The van der Waals surface area contributed by atoms with E-state index in [9.17, 15) is 9.59 Å².